The van der Waals surface area contributed by atoms with E-state index < -0.39 is 6.04 Å². The van der Waals surface area contributed by atoms with Crippen molar-refractivity contribution in [2.24, 2.45) is 0 Å². The van der Waals surface area contributed by atoms with Crippen LogP contribution in [0.2, 0.25) is 5.02 Å². The molecule has 1 amide bonds. The van der Waals surface area contributed by atoms with Crippen molar-refractivity contribution >= 4 is 28.8 Å². The minimum Gasteiger partial charge on any atom is -0.343 e. The molecule has 22 heavy (non-hydrogen) atoms. The van der Waals surface area contributed by atoms with Crippen LogP contribution in [0.5, 0.6) is 0 Å². The van der Waals surface area contributed by atoms with Crippen molar-refractivity contribution < 1.29 is 9.32 Å². The highest BCUT2D eigenvalue weighted by Gasteiger charge is 2.23. The normalized spacial score (nSPS) is 12.1. The summed E-state index contributed by atoms with van der Waals surface area (Å²) in [6.07, 6.45) is 1.22. The summed E-state index contributed by atoms with van der Waals surface area (Å²) >= 11 is 7.19. The highest BCUT2D eigenvalue weighted by Crippen LogP contribution is 2.22. The van der Waals surface area contributed by atoms with E-state index in [2.05, 4.69) is 20.4 Å². The van der Waals surface area contributed by atoms with Gasteiger partial charge in [0.2, 0.25) is 6.39 Å². The molecule has 0 bridgehead atoms. The number of carbonyl (C=O) groups is 1. The number of nitrogens with one attached hydrogen (secondary N) is 1. The van der Waals surface area contributed by atoms with Crippen LogP contribution in [0.25, 0.3) is 0 Å². The molecule has 0 saturated carbocycles. The van der Waals surface area contributed by atoms with Crippen LogP contribution in [0.4, 0.5) is 0 Å². The molecule has 8 heteroatoms. The lowest BCUT2D eigenvalue weighted by atomic mass is 10.1. The van der Waals surface area contributed by atoms with Crippen LogP contribution in [0, 0.1) is 6.92 Å². The molecular weight excluding hydrogens is 324 g/mol. The second-order valence-electron chi connectivity index (χ2n) is 4.51. The van der Waals surface area contributed by atoms with E-state index in [0.29, 0.717) is 21.4 Å². The Balaban J connectivity index is 1.91. The van der Waals surface area contributed by atoms with Gasteiger partial charge in [0, 0.05) is 5.02 Å². The van der Waals surface area contributed by atoms with Crippen molar-refractivity contribution in [3.05, 3.63) is 63.2 Å². The van der Waals surface area contributed by atoms with Gasteiger partial charge in [-0.3, -0.25) is 4.79 Å². The van der Waals surface area contributed by atoms with Gasteiger partial charge in [0.15, 0.2) is 5.82 Å². The van der Waals surface area contributed by atoms with Crippen LogP contribution in [0.3, 0.4) is 0 Å². The summed E-state index contributed by atoms with van der Waals surface area (Å²) in [6.45, 7) is 1.79. The molecule has 0 fully saturated rings. The average molecular weight is 335 g/mol. The first-order chi connectivity index (χ1) is 10.6. The summed E-state index contributed by atoms with van der Waals surface area (Å²) < 4.78 is 4.79. The minimum atomic E-state index is -0.523. The first-order valence-electron chi connectivity index (χ1n) is 6.38. The fourth-order valence-corrected chi connectivity index (χ4v) is 2.81. The number of amides is 1. The maximum atomic E-state index is 12.4. The molecule has 112 valence electrons. The van der Waals surface area contributed by atoms with Gasteiger partial charge in [-0.1, -0.05) is 28.9 Å². The molecular formula is C14H11ClN4O2S. The zero-order valence-corrected chi connectivity index (χ0v) is 13.1. The van der Waals surface area contributed by atoms with E-state index in [1.807, 2.05) is 12.1 Å². The van der Waals surface area contributed by atoms with Gasteiger partial charge in [-0.05, 0) is 24.6 Å². The third kappa shape index (κ3) is 3.00. The van der Waals surface area contributed by atoms with Crippen LogP contribution < -0.4 is 5.32 Å². The van der Waals surface area contributed by atoms with Gasteiger partial charge < -0.3 is 9.84 Å². The monoisotopic (exact) mass is 334 g/mol. The Morgan fingerprint density at radius 1 is 1.32 bits per heavy atom. The van der Waals surface area contributed by atoms with E-state index in [9.17, 15) is 4.79 Å². The number of rotatable bonds is 4. The Hall–Kier alpha value is -2.25. The van der Waals surface area contributed by atoms with Crippen molar-refractivity contribution in [2.75, 3.05) is 0 Å². The van der Waals surface area contributed by atoms with E-state index in [-0.39, 0.29) is 5.91 Å². The van der Waals surface area contributed by atoms with E-state index in [1.165, 1.54) is 17.7 Å². The van der Waals surface area contributed by atoms with E-state index >= 15 is 0 Å². The Bertz CT molecular complexity index is 771. The number of hydrogen-bond acceptors (Lipinski definition) is 6. The van der Waals surface area contributed by atoms with E-state index in [0.717, 1.165) is 5.56 Å². The molecule has 0 spiro atoms. The lowest BCUT2D eigenvalue weighted by Crippen LogP contribution is -2.30. The number of aryl methyl sites for hydroxylation is 1. The molecule has 0 aliphatic heterocycles. The van der Waals surface area contributed by atoms with Gasteiger partial charge in [-0.15, -0.1) is 11.3 Å². The highest BCUT2D eigenvalue weighted by atomic mass is 35.5. The largest absolute Gasteiger partial charge is 0.343 e. The van der Waals surface area contributed by atoms with Gasteiger partial charge >= 0.3 is 0 Å². The van der Waals surface area contributed by atoms with Crippen molar-refractivity contribution in [3.8, 4) is 0 Å². The average Bonchev–Trinajstić information content (AvgIpc) is 3.17. The Morgan fingerprint density at radius 3 is 2.68 bits per heavy atom. The molecule has 2 aromatic heterocycles. The van der Waals surface area contributed by atoms with E-state index in [4.69, 9.17) is 16.1 Å². The Labute approximate surface area is 135 Å². The predicted molar refractivity (Wildman–Crippen MR) is 81.9 cm³/mol. The first kappa shape index (κ1) is 14.7. The number of nitrogens with zero attached hydrogens (tertiary/aromatic N) is 3. The van der Waals surface area contributed by atoms with Crippen LogP contribution in [0.15, 0.2) is 40.7 Å². The van der Waals surface area contributed by atoms with Crippen LogP contribution in [-0.4, -0.2) is 21.0 Å². The standard InChI is InChI=1S/C14H11ClN4O2S/c1-8-12(22-7-17-8)14(20)18-11(13-16-6-21-19-13)9-2-4-10(15)5-3-9/h2-7,11H,1H3,(H,18,20)/t11-/m0/s1. The van der Waals surface area contributed by atoms with Gasteiger partial charge in [0.05, 0.1) is 11.2 Å². The Morgan fingerprint density at radius 2 is 2.09 bits per heavy atom. The van der Waals surface area contributed by atoms with Crippen molar-refractivity contribution in [1.82, 2.24) is 20.4 Å². The summed E-state index contributed by atoms with van der Waals surface area (Å²) in [7, 11) is 0. The van der Waals surface area contributed by atoms with E-state index in [1.54, 1.807) is 24.6 Å². The summed E-state index contributed by atoms with van der Waals surface area (Å²) in [4.78, 5) is 21.1. The van der Waals surface area contributed by atoms with Crippen molar-refractivity contribution in [2.45, 2.75) is 13.0 Å². The number of carbonyl (C=O) groups excluding carboxylic acids is 1. The fraction of sp³-hybridized carbons (Fsp3) is 0.143. The number of benzene rings is 1. The van der Waals surface area contributed by atoms with Gasteiger partial charge in [-0.2, -0.15) is 4.98 Å². The number of aromatic nitrogens is 3. The molecule has 0 aliphatic rings. The van der Waals surface area contributed by atoms with Crippen LogP contribution in [0.1, 0.15) is 32.8 Å². The predicted octanol–water partition coefficient (Wildman–Crippen LogP) is 3.01. The number of hydrogen-bond donors (Lipinski definition) is 1. The zero-order valence-electron chi connectivity index (χ0n) is 11.5. The highest BCUT2D eigenvalue weighted by molar-refractivity contribution is 7.11. The molecule has 1 N–H and O–H groups in total. The second-order valence-corrected chi connectivity index (χ2v) is 5.81. The zero-order chi connectivity index (χ0) is 15.5. The summed E-state index contributed by atoms with van der Waals surface area (Å²) in [5.41, 5.74) is 3.13. The maximum absolute atomic E-state index is 12.4. The molecule has 6 nitrogen and oxygen atoms in total. The van der Waals surface area contributed by atoms with Crippen molar-refractivity contribution in [3.63, 3.8) is 0 Å². The van der Waals surface area contributed by atoms with Gasteiger partial charge in [-0.25, -0.2) is 4.98 Å². The summed E-state index contributed by atoms with van der Waals surface area (Å²) in [5.74, 6) is 0.141. The Kier molecular flexibility index (Phi) is 4.17. The number of halogens is 1. The second kappa shape index (κ2) is 6.25. The van der Waals surface area contributed by atoms with Crippen LogP contribution >= 0.6 is 22.9 Å². The lowest BCUT2D eigenvalue weighted by molar-refractivity contribution is 0.0944. The van der Waals surface area contributed by atoms with Crippen LogP contribution in [-0.2, 0) is 0 Å². The maximum Gasteiger partial charge on any atom is 0.264 e. The fourth-order valence-electron chi connectivity index (χ4n) is 1.97. The van der Waals surface area contributed by atoms with Gasteiger partial charge in [0.25, 0.3) is 5.91 Å². The topological polar surface area (TPSA) is 80.9 Å². The van der Waals surface area contributed by atoms with Crippen molar-refractivity contribution in [1.29, 1.82) is 0 Å². The summed E-state index contributed by atoms with van der Waals surface area (Å²) in [5, 5.41) is 7.34. The molecule has 1 aromatic carbocycles. The SMILES string of the molecule is Cc1ncsc1C(=O)N[C@@H](c1ccc(Cl)cc1)c1ncon1. The molecule has 1 atom stereocenters. The molecule has 2 heterocycles. The third-order valence-electron chi connectivity index (χ3n) is 3.07. The smallest absolute Gasteiger partial charge is 0.264 e. The molecule has 0 saturated heterocycles. The molecule has 0 unspecified atom stereocenters. The molecule has 0 aliphatic carbocycles. The first-order valence-corrected chi connectivity index (χ1v) is 7.63. The number of thiazole rings is 1. The molecule has 3 aromatic rings. The molecule has 0 radical (unpaired) electrons. The third-order valence-corrected chi connectivity index (χ3v) is 4.25. The molecule has 3 rings (SSSR count). The van der Waals surface area contributed by atoms with Gasteiger partial charge in [0.1, 0.15) is 10.9 Å². The summed E-state index contributed by atoms with van der Waals surface area (Å²) in [6, 6.07) is 6.58. The quantitative estimate of drug-likeness (QED) is 0.793. The lowest BCUT2D eigenvalue weighted by Gasteiger charge is -2.15. The minimum absolute atomic E-state index is 0.232.